The fourth-order valence-electron chi connectivity index (χ4n) is 2.19. The number of hydrogen-bond donors (Lipinski definition) is 0. The Kier molecular flexibility index (Phi) is 1.54. The van der Waals surface area contributed by atoms with Gasteiger partial charge in [0, 0.05) is 11.5 Å². The van der Waals surface area contributed by atoms with E-state index in [1.807, 2.05) is 12.1 Å². The summed E-state index contributed by atoms with van der Waals surface area (Å²) in [6, 6.07) is 8.32. The standard InChI is InChI=1S/C13H12O/c1-9-6-7-13-11(8-9)10-4-2-3-5-12(10)14-13/h2-7,11H,8H2,1H3. The number of para-hydroxylation sites is 1. The molecule has 0 aromatic heterocycles. The molecule has 0 spiro atoms. The van der Waals surface area contributed by atoms with Crippen LogP contribution in [0.15, 0.2) is 47.7 Å². The summed E-state index contributed by atoms with van der Waals surface area (Å²) in [5.74, 6) is 2.61. The van der Waals surface area contributed by atoms with Crippen LogP contribution in [-0.4, -0.2) is 0 Å². The summed E-state index contributed by atoms with van der Waals surface area (Å²) in [4.78, 5) is 0. The van der Waals surface area contributed by atoms with Crippen LogP contribution in [0, 0.1) is 0 Å². The molecule has 1 atom stereocenters. The lowest BCUT2D eigenvalue weighted by atomic mass is 9.89. The van der Waals surface area contributed by atoms with Gasteiger partial charge < -0.3 is 4.74 Å². The van der Waals surface area contributed by atoms with Crippen LogP contribution in [0.2, 0.25) is 0 Å². The van der Waals surface area contributed by atoms with Crippen LogP contribution < -0.4 is 4.74 Å². The van der Waals surface area contributed by atoms with Gasteiger partial charge in [-0.15, -0.1) is 0 Å². The topological polar surface area (TPSA) is 9.23 Å². The zero-order valence-electron chi connectivity index (χ0n) is 8.16. The molecule has 70 valence electrons. The number of rotatable bonds is 0. The van der Waals surface area contributed by atoms with Crippen molar-refractivity contribution in [2.45, 2.75) is 19.3 Å². The highest BCUT2D eigenvalue weighted by Crippen LogP contribution is 2.45. The molecule has 0 bridgehead atoms. The lowest BCUT2D eigenvalue weighted by Gasteiger charge is -2.14. The molecule has 0 fully saturated rings. The van der Waals surface area contributed by atoms with Gasteiger partial charge >= 0.3 is 0 Å². The Morgan fingerprint density at radius 1 is 1.21 bits per heavy atom. The predicted molar refractivity (Wildman–Crippen MR) is 56.3 cm³/mol. The van der Waals surface area contributed by atoms with Crippen molar-refractivity contribution in [2.75, 3.05) is 0 Å². The van der Waals surface area contributed by atoms with Crippen molar-refractivity contribution in [1.82, 2.24) is 0 Å². The molecule has 1 unspecified atom stereocenters. The Hall–Kier alpha value is -1.50. The van der Waals surface area contributed by atoms with Crippen molar-refractivity contribution < 1.29 is 4.74 Å². The number of ether oxygens (including phenoxy) is 1. The van der Waals surface area contributed by atoms with Gasteiger partial charge in [-0.3, -0.25) is 0 Å². The molecule has 1 heteroatoms. The molecule has 1 aliphatic heterocycles. The molecule has 1 aromatic rings. The average Bonchev–Trinajstić information content (AvgIpc) is 2.56. The lowest BCUT2D eigenvalue weighted by Crippen LogP contribution is -2.02. The van der Waals surface area contributed by atoms with Gasteiger partial charge in [0.1, 0.15) is 11.5 Å². The quantitative estimate of drug-likeness (QED) is 0.600. The van der Waals surface area contributed by atoms with E-state index in [9.17, 15) is 0 Å². The van der Waals surface area contributed by atoms with Crippen LogP contribution >= 0.6 is 0 Å². The van der Waals surface area contributed by atoms with E-state index >= 15 is 0 Å². The third kappa shape index (κ3) is 1.02. The first-order chi connectivity index (χ1) is 6.84. The van der Waals surface area contributed by atoms with Gasteiger partial charge in [-0.05, 0) is 25.5 Å². The van der Waals surface area contributed by atoms with Crippen molar-refractivity contribution in [3.63, 3.8) is 0 Å². The molecule has 0 radical (unpaired) electrons. The molecule has 0 saturated carbocycles. The van der Waals surface area contributed by atoms with Crippen LogP contribution in [-0.2, 0) is 0 Å². The van der Waals surface area contributed by atoms with E-state index in [2.05, 4.69) is 31.2 Å². The second-order valence-corrected chi connectivity index (χ2v) is 3.98. The van der Waals surface area contributed by atoms with Gasteiger partial charge in [0.15, 0.2) is 0 Å². The first-order valence-corrected chi connectivity index (χ1v) is 4.99. The molecule has 0 saturated heterocycles. The van der Waals surface area contributed by atoms with E-state index in [1.54, 1.807) is 0 Å². The molecule has 0 amide bonds. The summed E-state index contributed by atoms with van der Waals surface area (Å²) in [6.07, 6.45) is 5.35. The number of benzene rings is 1. The minimum absolute atomic E-state index is 0.469. The van der Waals surface area contributed by atoms with Crippen molar-refractivity contribution in [3.8, 4) is 5.75 Å². The highest BCUT2D eigenvalue weighted by molar-refractivity contribution is 5.49. The van der Waals surface area contributed by atoms with E-state index < -0.39 is 0 Å². The van der Waals surface area contributed by atoms with E-state index in [0.29, 0.717) is 5.92 Å². The van der Waals surface area contributed by atoms with Gasteiger partial charge in [-0.1, -0.05) is 29.8 Å². The minimum Gasteiger partial charge on any atom is -0.461 e. The summed E-state index contributed by atoms with van der Waals surface area (Å²) in [5, 5.41) is 0. The lowest BCUT2D eigenvalue weighted by molar-refractivity contribution is 0.423. The fourth-order valence-corrected chi connectivity index (χ4v) is 2.19. The maximum atomic E-state index is 5.78. The molecule has 3 rings (SSSR count). The Bertz CT molecular complexity index is 440. The largest absolute Gasteiger partial charge is 0.461 e. The molecule has 14 heavy (non-hydrogen) atoms. The van der Waals surface area contributed by atoms with Crippen LogP contribution in [0.3, 0.4) is 0 Å². The monoisotopic (exact) mass is 184 g/mol. The summed E-state index contributed by atoms with van der Waals surface area (Å²) in [5.41, 5.74) is 2.77. The Morgan fingerprint density at radius 2 is 2.07 bits per heavy atom. The first-order valence-electron chi connectivity index (χ1n) is 4.99. The normalized spacial score (nSPS) is 23.1. The third-order valence-electron chi connectivity index (χ3n) is 2.92. The first kappa shape index (κ1) is 7.86. The summed E-state index contributed by atoms with van der Waals surface area (Å²) >= 11 is 0. The second-order valence-electron chi connectivity index (χ2n) is 3.98. The van der Waals surface area contributed by atoms with E-state index in [0.717, 1.165) is 17.9 Å². The number of hydrogen-bond acceptors (Lipinski definition) is 1. The smallest absolute Gasteiger partial charge is 0.130 e. The van der Waals surface area contributed by atoms with Gasteiger partial charge in [0.05, 0.1) is 0 Å². The molecule has 1 aliphatic carbocycles. The van der Waals surface area contributed by atoms with Gasteiger partial charge in [0.25, 0.3) is 0 Å². The maximum Gasteiger partial charge on any atom is 0.130 e. The molecule has 1 heterocycles. The minimum atomic E-state index is 0.469. The van der Waals surface area contributed by atoms with Crippen molar-refractivity contribution in [1.29, 1.82) is 0 Å². The highest BCUT2D eigenvalue weighted by atomic mass is 16.5. The molecule has 1 aromatic carbocycles. The Labute approximate surface area is 83.7 Å². The van der Waals surface area contributed by atoms with Crippen LogP contribution in [0.25, 0.3) is 0 Å². The molecular weight excluding hydrogens is 172 g/mol. The van der Waals surface area contributed by atoms with Crippen molar-refractivity contribution >= 4 is 0 Å². The Morgan fingerprint density at radius 3 is 3.00 bits per heavy atom. The predicted octanol–water partition coefficient (Wildman–Crippen LogP) is 3.40. The Balaban J connectivity index is 2.10. The van der Waals surface area contributed by atoms with Crippen molar-refractivity contribution in [3.05, 3.63) is 53.3 Å². The molecule has 1 nitrogen and oxygen atoms in total. The maximum absolute atomic E-state index is 5.78. The van der Waals surface area contributed by atoms with E-state index in [-0.39, 0.29) is 0 Å². The van der Waals surface area contributed by atoms with Gasteiger partial charge in [-0.25, -0.2) is 0 Å². The molecule has 0 N–H and O–H groups in total. The molecule has 2 aliphatic rings. The van der Waals surface area contributed by atoms with Crippen LogP contribution in [0.1, 0.15) is 24.8 Å². The van der Waals surface area contributed by atoms with E-state index in [4.69, 9.17) is 4.74 Å². The zero-order chi connectivity index (χ0) is 9.54. The van der Waals surface area contributed by atoms with Gasteiger partial charge in [0.2, 0.25) is 0 Å². The molecular formula is C13H12O. The van der Waals surface area contributed by atoms with Crippen molar-refractivity contribution in [2.24, 2.45) is 0 Å². The van der Waals surface area contributed by atoms with E-state index in [1.165, 1.54) is 11.1 Å². The van der Waals surface area contributed by atoms with Crippen LogP contribution in [0.5, 0.6) is 5.75 Å². The van der Waals surface area contributed by atoms with Gasteiger partial charge in [-0.2, -0.15) is 0 Å². The summed E-state index contributed by atoms with van der Waals surface area (Å²) in [7, 11) is 0. The average molecular weight is 184 g/mol. The fraction of sp³-hybridized carbons (Fsp3) is 0.231. The number of allylic oxidation sites excluding steroid dienone is 4. The van der Waals surface area contributed by atoms with Crippen LogP contribution in [0.4, 0.5) is 0 Å². The number of fused-ring (bicyclic) bond motifs is 3. The second kappa shape index (κ2) is 2.74. The summed E-state index contributed by atoms with van der Waals surface area (Å²) in [6.45, 7) is 2.17. The SMILES string of the molecule is CC1=CC=C2Oc3ccccc3C2C1. The zero-order valence-corrected chi connectivity index (χ0v) is 8.16. The highest BCUT2D eigenvalue weighted by Gasteiger charge is 2.30. The summed E-state index contributed by atoms with van der Waals surface area (Å²) < 4.78 is 5.78. The third-order valence-corrected chi connectivity index (χ3v) is 2.92.